The molecule has 1 aliphatic heterocycles. The zero-order valence-electron chi connectivity index (χ0n) is 28.5. The van der Waals surface area contributed by atoms with E-state index in [-0.39, 0.29) is 31.3 Å². The fourth-order valence-corrected chi connectivity index (χ4v) is 7.10. The number of benzene rings is 1. The number of fused-ring (bicyclic) bond motifs is 1. The molecule has 0 radical (unpaired) electrons. The van der Waals surface area contributed by atoms with Crippen LogP contribution in [0.15, 0.2) is 30.3 Å². The molecule has 4 rings (SSSR count). The predicted octanol–water partition coefficient (Wildman–Crippen LogP) is 2.81. The summed E-state index contributed by atoms with van der Waals surface area (Å²) in [6, 6.07) is 5.40. The zero-order chi connectivity index (χ0) is 35.6. The summed E-state index contributed by atoms with van der Waals surface area (Å²) >= 11 is 13.1. The molecule has 2 aliphatic carbocycles. The summed E-state index contributed by atoms with van der Waals surface area (Å²) < 4.78 is -1.25. The van der Waals surface area contributed by atoms with Crippen molar-refractivity contribution in [3.8, 4) is 0 Å². The number of carbonyl (C=O) groups is 6. The minimum Gasteiger partial charge on any atom is -0.350 e. The molecule has 1 aromatic rings. The van der Waals surface area contributed by atoms with E-state index >= 15 is 0 Å². The van der Waals surface area contributed by atoms with Crippen molar-refractivity contribution in [2.24, 2.45) is 23.2 Å². The Morgan fingerprint density at radius 3 is 2.15 bits per heavy atom. The number of Topliss-reactive ketones (excluding diaryl/α,β-unsaturated/α-hetero) is 1. The van der Waals surface area contributed by atoms with Crippen LogP contribution >= 0.6 is 23.2 Å². The van der Waals surface area contributed by atoms with Gasteiger partial charge >= 0.3 is 6.03 Å². The van der Waals surface area contributed by atoms with Gasteiger partial charge in [0.1, 0.15) is 16.4 Å². The summed E-state index contributed by atoms with van der Waals surface area (Å²) in [5.41, 5.74) is -0.401. The van der Waals surface area contributed by atoms with Crippen molar-refractivity contribution in [2.75, 3.05) is 13.1 Å². The van der Waals surface area contributed by atoms with Gasteiger partial charge in [-0.1, -0.05) is 70.4 Å². The molecule has 264 valence electrons. The summed E-state index contributed by atoms with van der Waals surface area (Å²) in [7, 11) is 0. The lowest BCUT2D eigenvalue weighted by Gasteiger charge is -2.38. The van der Waals surface area contributed by atoms with Crippen molar-refractivity contribution in [1.29, 1.82) is 0 Å². The molecule has 48 heavy (non-hydrogen) atoms. The molecule has 0 spiro atoms. The Kier molecular flexibility index (Phi) is 11.4. The number of nitrogens with zero attached hydrogens (tertiary/aromatic N) is 1. The third-order valence-electron chi connectivity index (χ3n) is 9.15. The summed E-state index contributed by atoms with van der Waals surface area (Å²) in [6.45, 7) is 10.8. The molecule has 1 unspecified atom stereocenters. The second kappa shape index (κ2) is 14.6. The number of amides is 6. The van der Waals surface area contributed by atoms with E-state index in [1.54, 1.807) is 20.8 Å². The zero-order valence-corrected chi connectivity index (χ0v) is 30.0. The minimum absolute atomic E-state index is 0.0869. The van der Waals surface area contributed by atoms with Crippen molar-refractivity contribution in [3.63, 3.8) is 0 Å². The van der Waals surface area contributed by atoms with Gasteiger partial charge in [-0.15, -0.1) is 23.2 Å². The number of piperidine rings is 1. The quantitative estimate of drug-likeness (QED) is 0.166. The molecule has 0 aromatic heterocycles. The summed E-state index contributed by atoms with van der Waals surface area (Å²) in [4.78, 5) is 81.0. The number of halogens is 2. The van der Waals surface area contributed by atoms with Crippen LogP contribution in [0.5, 0.6) is 0 Å². The number of nitrogens with one attached hydrogen (secondary N) is 5. The highest BCUT2D eigenvalue weighted by Crippen LogP contribution is 2.65. The fourth-order valence-electron chi connectivity index (χ4n) is 6.27. The molecule has 12 nitrogen and oxygen atoms in total. The van der Waals surface area contributed by atoms with Gasteiger partial charge in [-0.05, 0) is 44.1 Å². The number of urea groups is 1. The second-order valence-corrected chi connectivity index (χ2v) is 16.7. The maximum atomic E-state index is 14.1. The first-order valence-electron chi connectivity index (χ1n) is 16.5. The average molecular weight is 708 g/mol. The van der Waals surface area contributed by atoms with Gasteiger partial charge in [-0.3, -0.25) is 24.0 Å². The molecule has 1 aromatic carbocycles. The smallest absolute Gasteiger partial charge is 0.315 e. The minimum atomic E-state index is -1.25. The average Bonchev–Trinajstić information content (AvgIpc) is 3.28. The second-order valence-electron chi connectivity index (χ2n) is 15.3. The standard InChI is InChI=1S/C34H48Cl2N6O6/c1-32(2,3)27(40-31(48)41-33(4,5)6)30(47)42-18-21-24(34(21,35)36)25(42)28(45)39-22(15-19-13-10-14-19)26(44)29(46)38-17-23(43)37-16-20-11-8-7-9-12-20/h7-9,11-12,19,21-22,24-25,27H,10,13-18H2,1-6H3,(H,37,43)(H,38,46)(H,39,45)(H2,40,41,48)/t21-,22?,24-,25-,27+/m0/s1. The van der Waals surface area contributed by atoms with Crippen LogP contribution in [-0.4, -0.2) is 81.4 Å². The number of hydrogen-bond donors (Lipinski definition) is 5. The van der Waals surface area contributed by atoms with E-state index in [1.165, 1.54) is 4.90 Å². The largest absolute Gasteiger partial charge is 0.350 e. The molecule has 5 N–H and O–H groups in total. The number of carbonyl (C=O) groups excluding carboxylic acids is 6. The molecule has 1 heterocycles. The van der Waals surface area contributed by atoms with E-state index < -0.39 is 81.3 Å². The Bertz CT molecular complexity index is 1400. The van der Waals surface area contributed by atoms with Crippen LogP contribution in [0.3, 0.4) is 0 Å². The molecular formula is C34H48Cl2N6O6. The molecule has 14 heteroatoms. The van der Waals surface area contributed by atoms with Gasteiger partial charge in [0.15, 0.2) is 0 Å². The lowest BCUT2D eigenvalue weighted by Crippen LogP contribution is -2.62. The normalized spacial score (nSPS) is 22.7. The fraction of sp³-hybridized carbons (Fsp3) is 0.647. The Hall–Kier alpha value is -3.38. The van der Waals surface area contributed by atoms with Crippen LogP contribution < -0.4 is 26.6 Å². The van der Waals surface area contributed by atoms with E-state index in [0.29, 0.717) is 0 Å². The van der Waals surface area contributed by atoms with Crippen LogP contribution in [0.25, 0.3) is 0 Å². The first kappa shape index (κ1) is 37.4. The Balaban J connectivity index is 1.46. The number of likely N-dealkylation sites (tertiary alicyclic amines) is 1. The Labute approximate surface area is 292 Å². The SMILES string of the molecule is CC(C)(C)NC(=O)N[C@H](C(=O)N1C[C@H]2[C@@H]([C@H]1C(=O)NC(CC1CCC1)C(=O)C(=O)NCC(=O)NCc1ccccc1)C2(Cl)Cl)C(C)(C)C. The van der Waals surface area contributed by atoms with Gasteiger partial charge in [0.05, 0.1) is 12.6 Å². The highest BCUT2D eigenvalue weighted by molar-refractivity contribution is 6.51. The van der Waals surface area contributed by atoms with Crippen LogP contribution in [0, 0.1) is 23.2 Å². The van der Waals surface area contributed by atoms with E-state index in [0.717, 1.165) is 24.8 Å². The van der Waals surface area contributed by atoms with Gasteiger partial charge in [0.2, 0.25) is 23.5 Å². The van der Waals surface area contributed by atoms with Crippen molar-refractivity contribution in [2.45, 2.75) is 102 Å². The summed E-state index contributed by atoms with van der Waals surface area (Å²) in [5.74, 6) is -4.35. The number of ketones is 1. The Morgan fingerprint density at radius 2 is 1.58 bits per heavy atom. The molecule has 2 saturated carbocycles. The van der Waals surface area contributed by atoms with Crippen LogP contribution in [0.1, 0.15) is 72.8 Å². The molecule has 0 bridgehead atoms. The lowest BCUT2D eigenvalue weighted by molar-refractivity contribution is -0.145. The number of hydrogen-bond acceptors (Lipinski definition) is 6. The number of rotatable bonds is 12. The van der Waals surface area contributed by atoms with E-state index in [2.05, 4.69) is 26.6 Å². The maximum absolute atomic E-state index is 14.1. The third-order valence-corrected chi connectivity index (χ3v) is 10.2. The van der Waals surface area contributed by atoms with Crippen LogP contribution in [-0.2, 0) is 30.5 Å². The topological polar surface area (TPSA) is 166 Å². The lowest BCUT2D eigenvalue weighted by atomic mass is 9.80. The molecule has 1 saturated heterocycles. The molecular weight excluding hydrogens is 659 g/mol. The summed E-state index contributed by atoms with van der Waals surface area (Å²) in [6.07, 6.45) is 2.92. The van der Waals surface area contributed by atoms with E-state index in [1.807, 2.05) is 51.1 Å². The summed E-state index contributed by atoms with van der Waals surface area (Å²) in [5, 5.41) is 13.4. The van der Waals surface area contributed by atoms with Crippen molar-refractivity contribution >= 4 is 58.6 Å². The van der Waals surface area contributed by atoms with Crippen LogP contribution in [0.4, 0.5) is 4.79 Å². The number of alkyl halides is 2. The van der Waals surface area contributed by atoms with Crippen molar-refractivity contribution < 1.29 is 28.8 Å². The van der Waals surface area contributed by atoms with E-state index in [9.17, 15) is 28.8 Å². The van der Waals surface area contributed by atoms with Gasteiger partial charge < -0.3 is 31.5 Å². The van der Waals surface area contributed by atoms with Crippen LogP contribution in [0.2, 0.25) is 0 Å². The molecule has 3 fully saturated rings. The molecule has 5 atom stereocenters. The predicted molar refractivity (Wildman–Crippen MR) is 182 cm³/mol. The first-order valence-corrected chi connectivity index (χ1v) is 17.2. The van der Waals surface area contributed by atoms with Crippen molar-refractivity contribution in [3.05, 3.63) is 35.9 Å². The molecule has 6 amide bonds. The first-order chi connectivity index (χ1) is 22.3. The van der Waals surface area contributed by atoms with Gasteiger partial charge in [-0.25, -0.2) is 4.79 Å². The van der Waals surface area contributed by atoms with E-state index in [4.69, 9.17) is 23.2 Å². The maximum Gasteiger partial charge on any atom is 0.315 e. The third kappa shape index (κ3) is 9.19. The monoisotopic (exact) mass is 706 g/mol. The highest BCUT2D eigenvalue weighted by Gasteiger charge is 2.74. The highest BCUT2D eigenvalue weighted by atomic mass is 35.5. The van der Waals surface area contributed by atoms with Gasteiger partial charge in [0.25, 0.3) is 5.91 Å². The Morgan fingerprint density at radius 1 is 0.938 bits per heavy atom. The molecule has 3 aliphatic rings. The van der Waals surface area contributed by atoms with Gasteiger partial charge in [-0.2, -0.15) is 0 Å². The van der Waals surface area contributed by atoms with Gasteiger partial charge in [0, 0.05) is 30.5 Å². The van der Waals surface area contributed by atoms with Crippen molar-refractivity contribution in [1.82, 2.24) is 31.5 Å².